The summed E-state index contributed by atoms with van der Waals surface area (Å²) in [6.45, 7) is 3.88. The summed E-state index contributed by atoms with van der Waals surface area (Å²) in [6, 6.07) is 12.7. The molecule has 0 aliphatic carbocycles. The van der Waals surface area contributed by atoms with Crippen LogP contribution < -0.4 is 14.8 Å². The number of nitrogens with zero attached hydrogens (tertiary/aromatic N) is 1. The van der Waals surface area contributed by atoms with E-state index < -0.39 is 0 Å². The van der Waals surface area contributed by atoms with E-state index in [0.29, 0.717) is 20.8 Å². The van der Waals surface area contributed by atoms with Crippen LogP contribution in [0, 0.1) is 0 Å². The highest BCUT2D eigenvalue weighted by Gasteiger charge is 2.23. The van der Waals surface area contributed by atoms with Gasteiger partial charge in [0.15, 0.2) is 5.17 Å². The fourth-order valence-corrected chi connectivity index (χ4v) is 3.44. The van der Waals surface area contributed by atoms with Gasteiger partial charge in [0.2, 0.25) is 0 Å². The van der Waals surface area contributed by atoms with Crippen molar-refractivity contribution in [3.05, 3.63) is 58.0 Å². The Hall–Kier alpha value is -2.44. The lowest BCUT2D eigenvalue weighted by Gasteiger charge is -2.11. The van der Waals surface area contributed by atoms with E-state index in [-0.39, 0.29) is 12.0 Å². The van der Waals surface area contributed by atoms with Gasteiger partial charge in [-0.15, -0.1) is 0 Å². The van der Waals surface area contributed by atoms with Crippen LogP contribution in [0.5, 0.6) is 11.5 Å². The Kier molecular flexibility index (Phi) is 6.08. The molecule has 5 nitrogen and oxygen atoms in total. The number of methoxy groups -OCH3 is 1. The van der Waals surface area contributed by atoms with Crippen molar-refractivity contribution in [2.75, 3.05) is 7.11 Å². The zero-order valence-electron chi connectivity index (χ0n) is 15.2. The summed E-state index contributed by atoms with van der Waals surface area (Å²) < 4.78 is 10.8. The Labute approximate surface area is 167 Å². The molecule has 2 aromatic carbocycles. The van der Waals surface area contributed by atoms with Crippen molar-refractivity contribution < 1.29 is 14.3 Å². The number of aliphatic imine (C=N–C) groups is 1. The van der Waals surface area contributed by atoms with Gasteiger partial charge in [-0.25, -0.2) is 4.99 Å². The van der Waals surface area contributed by atoms with Crippen LogP contribution in [0.25, 0.3) is 6.08 Å². The second-order valence-electron chi connectivity index (χ2n) is 6.04. The van der Waals surface area contributed by atoms with Crippen molar-refractivity contribution in [1.29, 1.82) is 0 Å². The molecule has 0 saturated carbocycles. The van der Waals surface area contributed by atoms with Gasteiger partial charge in [0, 0.05) is 0 Å². The number of benzene rings is 2. The van der Waals surface area contributed by atoms with E-state index in [1.54, 1.807) is 25.3 Å². The predicted octanol–water partition coefficient (Wildman–Crippen LogP) is 5.03. The van der Waals surface area contributed by atoms with E-state index >= 15 is 0 Å². The minimum atomic E-state index is -0.189. The maximum atomic E-state index is 12.2. The van der Waals surface area contributed by atoms with Crippen LogP contribution >= 0.6 is 23.4 Å². The van der Waals surface area contributed by atoms with Crippen LogP contribution in [0.1, 0.15) is 19.4 Å². The molecule has 1 saturated heterocycles. The summed E-state index contributed by atoms with van der Waals surface area (Å²) in [5.74, 6) is 1.19. The first-order valence-electron chi connectivity index (χ1n) is 8.34. The number of carbonyl (C=O) groups is 1. The van der Waals surface area contributed by atoms with Gasteiger partial charge in [-0.2, -0.15) is 0 Å². The van der Waals surface area contributed by atoms with E-state index in [2.05, 4.69) is 10.3 Å². The summed E-state index contributed by atoms with van der Waals surface area (Å²) in [6.07, 6.45) is 1.82. The first-order chi connectivity index (χ1) is 12.9. The Balaban J connectivity index is 1.76. The molecule has 1 N–H and O–H groups in total. The SMILES string of the molecule is COc1ccc(N=C2NC(=O)C(=Cc3ccc(OC(C)C)c(Cl)c3)S2)cc1. The van der Waals surface area contributed by atoms with Crippen molar-refractivity contribution in [3.63, 3.8) is 0 Å². The molecule has 1 fully saturated rings. The monoisotopic (exact) mass is 402 g/mol. The van der Waals surface area contributed by atoms with E-state index in [1.165, 1.54) is 11.8 Å². The number of rotatable bonds is 5. The number of amides is 1. The Morgan fingerprint density at radius 3 is 2.56 bits per heavy atom. The fourth-order valence-electron chi connectivity index (χ4n) is 2.36. The molecule has 0 spiro atoms. The third-order valence-electron chi connectivity index (χ3n) is 3.57. The predicted molar refractivity (Wildman–Crippen MR) is 111 cm³/mol. The molecule has 0 radical (unpaired) electrons. The highest BCUT2D eigenvalue weighted by Crippen LogP contribution is 2.31. The van der Waals surface area contributed by atoms with Gasteiger partial charge in [-0.05, 0) is 73.6 Å². The average molecular weight is 403 g/mol. The van der Waals surface area contributed by atoms with Crippen LogP contribution in [0.4, 0.5) is 5.69 Å². The average Bonchev–Trinajstić information content (AvgIpc) is 2.97. The number of carbonyl (C=O) groups excluding carboxylic acids is 1. The number of nitrogens with one attached hydrogen (secondary N) is 1. The summed E-state index contributed by atoms with van der Waals surface area (Å²) in [4.78, 5) is 17.2. The molecule has 2 aromatic rings. The zero-order chi connectivity index (χ0) is 19.4. The first-order valence-corrected chi connectivity index (χ1v) is 9.54. The molecule has 0 atom stereocenters. The summed E-state index contributed by atoms with van der Waals surface area (Å²) in [5, 5.41) is 3.81. The second-order valence-corrected chi connectivity index (χ2v) is 7.47. The lowest BCUT2D eigenvalue weighted by molar-refractivity contribution is -0.115. The second kappa shape index (κ2) is 8.50. The van der Waals surface area contributed by atoms with Crippen LogP contribution in [0.15, 0.2) is 52.4 Å². The molecule has 1 aliphatic rings. The van der Waals surface area contributed by atoms with Gasteiger partial charge in [-0.1, -0.05) is 17.7 Å². The number of halogens is 1. The number of hydrogen-bond donors (Lipinski definition) is 1. The molecule has 0 bridgehead atoms. The van der Waals surface area contributed by atoms with Gasteiger partial charge < -0.3 is 14.8 Å². The van der Waals surface area contributed by atoms with Crippen LogP contribution in [-0.2, 0) is 4.79 Å². The maximum absolute atomic E-state index is 12.2. The molecule has 27 heavy (non-hydrogen) atoms. The molecular formula is C20H19ClN2O3S. The minimum Gasteiger partial charge on any atom is -0.497 e. The zero-order valence-corrected chi connectivity index (χ0v) is 16.7. The van der Waals surface area contributed by atoms with Crippen molar-refractivity contribution in [3.8, 4) is 11.5 Å². The largest absolute Gasteiger partial charge is 0.497 e. The standard InChI is InChI=1S/C20H19ClN2O3S/c1-12(2)26-17-9-4-13(10-16(17)21)11-18-19(24)23-20(27-18)22-14-5-7-15(25-3)8-6-14/h4-12H,1-3H3,(H,22,23,24). The molecule has 1 aliphatic heterocycles. The lowest BCUT2D eigenvalue weighted by atomic mass is 10.2. The third kappa shape index (κ3) is 5.05. The molecule has 7 heteroatoms. The Morgan fingerprint density at radius 2 is 1.93 bits per heavy atom. The fraction of sp³-hybridized carbons (Fsp3) is 0.200. The quantitative estimate of drug-likeness (QED) is 0.713. The third-order valence-corrected chi connectivity index (χ3v) is 4.78. The van der Waals surface area contributed by atoms with Crippen molar-refractivity contribution in [2.24, 2.45) is 4.99 Å². The molecular weight excluding hydrogens is 384 g/mol. The molecule has 3 rings (SSSR count). The minimum absolute atomic E-state index is 0.0413. The van der Waals surface area contributed by atoms with Gasteiger partial charge in [0.05, 0.1) is 28.8 Å². The smallest absolute Gasteiger partial charge is 0.264 e. The highest BCUT2D eigenvalue weighted by atomic mass is 35.5. The van der Waals surface area contributed by atoms with Crippen LogP contribution in [0.3, 0.4) is 0 Å². The topological polar surface area (TPSA) is 59.9 Å². The summed E-state index contributed by atoms with van der Waals surface area (Å²) in [7, 11) is 1.61. The van der Waals surface area contributed by atoms with Gasteiger partial charge in [0.25, 0.3) is 5.91 Å². The van der Waals surface area contributed by atoms with Crippen LogP contribution in [-0.4, -0.2) is 24.3 Å². The molecule has 140 valence electrons. The summed E-state index contributed by atoms with van der Waals surface area (Å²) >= 11 is 7.54. The normalized spacial score (nSPS) is 16.9. The molecule has 1 heterocycles. The van der Waals surface area contributed by atoms with Crippen molar-refractivity contribution in [2.45, 2.75) is 20.0 Å². The van der Waals surface area contributed by atoms with Gasteiger partial charge in [-0.3, -0.25) is 4.79 Å². The van der Waals surface area contributed by atoms with Crippen LogP contribution in [0.2, 0.25) is 5.02 Å². The van der Waals surface area contributed by atoms with Crippen molar-refractivity contribution >= 4 is 46.2 Å². The maximum Gasteiger partial charge on any atom is 0.264 e. The summed E-state index contributed by atoms with van der Waals surface area (Å²) in [5.41, 5.74) is 1.55. The number of amidine groups is 1. The van der Waals surface area contributed by atoms with E-state index in [4.69, 9.17) is 21.1 Å². The highest BCUT2D eigenvalue weighted by molar-refractivity contribution is 8.18. The molecule has 1 amide bonds. The number of thioether (sulfide) groups is 1. The lowest BCUT2D eigenvalue weighted by Crippen LogP contribution is -2.19. The Bertz CT molecular complexity index is 908. The number of ether oxygens (including phenoxy) is 2. The van der Waals surface area contributed by atoms with Gasteiger partial charge >= 0.3 is 0 Å². The van der Waals surface area contributed by atoms with E-state index in [0.717, 1.165) is 17.0 Å². The molecule has 0 aromatic heterocycles. The first kappa shape index (κ1) is 19.3. The van der Waals surface area contributed by atoms with Gasteiger partial charge in [0.1, 0.15) is 11.5 Å². The molecule has 0 unspecified atom stereocenters. The Morgan fingerprint density at radius 1 is 1.19 bits per heavy atom. The number of hydrogen-bond acceptors (Lipinski definition) is 5. The van der Waals surface area contributed by atoms with E-state index in [9.17, 15) is 4.79 Å². The van der Waals surface area contributed by atoms with Crippen molar-refractivity contribution in [1.82, 2.24) is 5.32 Å². The van der Waals surface area contributed by atoms with E-state index in [1.807, 2.05) is 44.2 Å².